The summed E-state index contributed by atoms with van der Waals surface area (Å²) in [5, 5.41) is 0.904. The Balaban J connectivity index is 0.000000567. The molecule has 0 radical (unpaired) electrons. The maximum atomic E-state index is 11.7. The van der Waals surface area contributed by atoms with Crippen LogP contribution in [0.25, 0.3) is 22.3 Å². The smallest absolute Gasteiger partial charge is 0.248 e. The normalized spacial score (nSPS) is 20.4. The van der Waals surface area contributed by atoms with E-state index in [1.807, 2.05) is 24.3 Å². The van der Waals surface area contributed by atoms with Gasteiger partial charge in [0.2, 0.25) is 11.9 Å². The van der Waals surface area contributed by atoms with E-state index < -0.39 is 15.7 Å². The lowest BCUT2D eigenvalue weighted by Crippen LogP contribution is -2.46. The van der Waals surface area contributed by atoms with Crippen LogP contribution in [0, 0.1) is 0 Å². The van der Waals surface area contributed by atoms with Crippen LogP contribution in [0.2, 0.25) is 0 Å². The maximum Gasteiger partial charge on any atom is 0.248 e. The molecule has 2 aliphatic heterocycles. The minimum Gasteiger partial charge on any atom is -0.377 e. The van der Waals surface area contributed by atoms with Gasteiger partial charge in [-0.05, 0) is 44.0 Å². The SMILES string of the molecule is CS(C)(=O)=O.C[C@H]1COCCN1c1nc(N2CCOC3(CC3)C2)nc2nc(-c3cccc(C(N)=O)c3)ccc12. The van der Waals surface area contributed by atoms with Gasteiger partial charge < -0.3 is 25.0 Å². The van der Waals surface area contributed by atoms with Crippen LogP contribution in [-0.4, -0.2) is 92.9 Å². The summed E-state index contributed by atoms with van der Waals surface area (Å²) in [6.45, 7) is 6.48. The summed E-state index contributed by atoms with van der Waals surface area (Å²) >= 11 is 0. The number of pyridine rings is 1. The Bertz CT molecular complexity index is 1490. The number of morpholine rings is 2. The molecule has 1 spiro atoms. The number of hydrogen-bond acceptors (Lipinski definition) is 10. The van der Waals surface area contributed by atoms with E-state index in [1.165, 1.54) is 0 Å². The van der Waals surface area contributed by atoms with Crippen molar-refractivity contribution in [1.82, 2.24) is 15.0 Å². The number of hydrogen-bond donors (Lipinski definition) is 1. The Morgan fingerprint density at radius 3 is 2.54 bits per heavy atom. The van der Waals surface area contributed by atoms with Crippen LogP contribution in [0.4, 0.5) is 11.8 Å². The monoisotopic (exact) mass is 554 g/mol. The third-order valence-corrected chi connectivity index (χ3v) is 6.95. The van der Waals surface area contributed by atoms with Gasteiger partial charge >= 0.3 is 0 Å². The summed E-state index contributed by atoms with van der Waals surface area (Å²) in [6, 6.07) is 11.4. The minimum atomic E-state index is -2.67. The van der Waals surface area contributed by atoms with E-state index in [9.17, 15) is 13.2 Å². The molecule has 4 heterocycles. The fourth-order valence-corrected chi connectivity index (χ4v) is 4.84. The number of sulfone groups is 1. The molecule has 3 aliphatic rings. The highest BCUT2D eigenvalue weighted by molar-refractivity contribution is 7.89. The van der Waals surface area contributed by atoms with Crippen LogP contribution in [0.15, 0.2) is 36.4 Å². The molecule has 0 bridgehead atoms. The molecule has 3 aromatic rings. The standard InChI is InChI=1S/C25H28N6O3.C2H6O2S/c1-16-14-33-11-10-31(16)23-19-5-6-20(17-3-2-4-18(13-17)21(26)32)27-22(19)28-24(29-23)30-9-12-34-25(15-30)7-8-25;1-5(2,3)4/h2-6,13,16H,7-12,14-15H2,1H3,(H2,26,32);1-2H3/t16-;/m0./s1. The maximum absolute atomic E-state index is 11.7. The average Bonchev–Trinajstić information content (AvgIpc) is 3.65. The molecule has 208 valence electrons. The predicted octanol–water partition coefficient (Wildman–Crippen LogP) is 2.05. The molecule has 1 atom stereocenters. The molecule has 12 heteroatoms. The Morgan fingerprint density at radius 1 is 1.08 bits per heavy atom. The van der Waals surface area contributed by atoms with Gasteiger partial charge in [-0.3, -0.25) is 4.79 Å². The zero-order valence-corrected chi connectivity index (χ0v) is 23.3. The molecular formula is C27H34N6O5S. The van der Waals surface area contributed by atoms with E-state index in [1.54, 1.807) is 12.1 Å². The Morgan fingerprint density at radius 2 is 1.85 bits per heavy atom. The first-order chi connectivity index (χ1) is 18.5. The number of fused-ring (bicyclic) bond motifs is 1. The van der Waals surface area contributed by atoms with Crippen molar-refractivity contribution in [2.45, 2.75) is 31.4 Å². The number of rotatable bonds is 4. The average molecular weight is 555 g/mol. The van der Waals surface area contributed by atoms with Crippen molar-refractivity contribution in [2.75, 3.05) is 61.8 Å². The summed E-state index contributed by atoms with van der Waals surface area (Å²) in [4.78, 5) is 31.1. The van der Waals surface area contributed by atoms with Crippen LogP contribution < -0.4 is 15.5 Å². The number of anilines is 2. The lowest BCUT2D eigenvalue weighted by molar-refractivity contribution is 0.0201. The van der Waals surface area contributed by atoms with E-state index in [-0.39, 0.29) is 11.6 Å². The van der Waals surface area contributed by atoms with E-state index in [0.29, 0.717) is 37.0 Å². The second-order valence-electron chi connectivity index (χ2n) is 10.6. The van der Waals surface area contributed by atoms with Gasteiger partial charge in [0.1, 0.15) is 15.7 Å². The Kier molecular flexibility index (Phi) is 7.45. The highest BCUT2D eigenvalue weighted by Gasteiger charge is 2.48. The van der Waals surface area contributed by atoms with Crippen LogP contribution in [0.5, 0.6) is 0 Å². The molecule has 2 N–H and O–H groups in total. The predicted molar refractivity (Wildman–Crippen MR) is 150 cm³/mol. The fourth-order valence-electron chi connectivity index (χ4n) is 4.84. The van der Waals surface area contributed by atoms with Gasteiger partial charge in [0, 0.05) is 43.3 Å². The summed E-state index contributed by atoms with van der Waals surface area (Å²) < 4.78 is 30.9. The molecule has 1 aromatic carbocycles. The number of aromatic nitrogens is 3. The van der Waals surface area contributed by atoms with E-state index in [0.717, 1.165) is 67.4 Å². The molecule has 1 aliphatic carbocycles. The zero-order valence-electron chi connectivity index (χ0n) is 22.5. The van der Waals surface area contributed by atoms with Crippen molar-refractivity contribution in [3.63, 3.8) is 0 Å². The van der Waals surface area contributed by atoms with Crippen LogP contribution in [-0.2, 0) is 19.3 Å². The molecule has 39 heavy (non-hydrogen) atoms. The van der Waals surface area contributed by atoms with Crippen molar-refractivity contribution < 1.29 is 22.7 Å². The first-order valence-electron chi connectivity index (χ1n) is 13.0. The Labute approximate surface area is 228 Å². The molecule has 6 rings (SSSR count). The van der Waals surface area contributed by atoms with Gasteiger partial charge in [0.15, 0.2) is 5.65 Å². The molecule has 11 nitrogen and oxygen atoms in total. The molecule has 0 unspecified atom stereocenters. The molecule has 1 amide bonds. The van der Waals surface area contributed by atoms with Crippen LogP contribution in [0.1, 0.15) is 30.1 Å². The minimum absolute atomic E-state index is 0.0343. The summed E-state index contributed by atoms with van der Waals surface area (Å²) in [5.41, 5.74) is 8.10. The quantitative estimate of drug-likeness (QED) is 0.509. The number of nitrogens with two attached hydrogens (primary N) is 1. The van der Waals surface area contributed by atoms with Crippen molar-refractivity contribution in [3.05, 3.63) is 42.0 Å². The fraction of sp³-hybridized carbons (Fsp3) is 0.481. The van der Waals surface area contributed by atoms with Crippen molar-refractivity contribution in [3.8, 4) is 11.3 Å². The van der Waals surface area contributed by atoms with Crippen LogP contribution in [0.3, 0.4) is 0 Å². The first-order valence-corrected chi connectivity index (χ1v) is 15.3. The van der Waals surface area contributed by atoms with Gasteiger partial charge in [-0.15, -0.1) is 0 Å². The van der Waals surface area contributed by atoms with Crippen molar-refractivity contribution in [1.29, 1.82) is 0 Å². The molecule has 1 saturated carbocycles. The summed E-state index contributed by atoms with van der Waals surface area (Å²) in [5.74, 6) is 1.11. The largest absolute Gasteiger partial charge is 0.377 e. The Hall–Kier alpha value is -3.35. The lowest BCUT2D eigenvalue weighted by atomic mass is 10.1. The lowest BCUT2D eigenvalue weighted by Gasteiger charge is -2.36. The molecule has 2 saturated heterocycles. The second-order valence-corrected chi connectivity index (χ2v) is 12.9. The van der Waals surface area contributed by atoms with Gasteiger partial charge in [-0.25, -0.2) is 13.4 Å². The molecular weight excluding hydrogens is 520 g/mol. The number of ether oxygens (including phenoxy) is 2. The number of carbonyl (C=O) groups excluding carboxylic acids is 1. The number of primary amides is 1. The topological polar surface area (TPSA) is 141 Å². The van der Waals surface area contributed by atoms with Crippen molar-refractivity contribution >= 4 is 38.5 Å². The van der Waals surface area contributed by atoms with Gasteiger partial charge in [-0.2, -0.15) is 9.97 Å². The number of amides is 1. The highest BCUT2D eigenvalue weighted by atomic mass is 32.2. The third kappa shape index (κ3) is 6.45. The molecule has 3 fully saturated rings. The number of benzene rings is 1. The first kappa shape index (κ1) is 27.2. The van der Waals surface area contributed by atoms with Crippen molar-refractivity contribution in [2.24, 2.45) is 5.73 Å². The summed E-state index contributed by atoms with van der Waals surface area (Å²) in [7, 11) is -2.67. The van der Waals surface area contributed by atoms with Gasteiger partial charge in [0.25, 0.3) is 0 Å². The zero-order chi connectivity index (χ0) is 27.8. The van der Waals surface area contributed by atoms with E-state index >= 15 is 0 Å². The van der Waals surface area contributed by atoms with Crippen LogP contribution >= 0.6 is 0 Å². The highest BCUT2D eigenvalue weighted by Crippen LogP contribution is 2.43. The second kappa shape index (κ2) is 10.7. The van der Waals surface area contributed by atoms with E-state index in [4.69, 9.17) is 30.2 Å². The third-order valence-electron chi connectivity index (χ3n) is 6.95. The van der Waals surface area contributed by atoms with Gasteiger partial charge in [0.05, 0.1) is 42.5 Å². The summed E-state index contributed by atoms with van der Waals surface area (Å²) in [6.07, 6.45) is 4.49. The van der Waals surface area contributed by atoms with Gasteiger partial charge in [-0.1, -0.05) is 12.1 Å². The van der Waals surface area contributed by atoms with E-state index in [2.05, 4.69) is 16.7 Å². The molecule has 2 aromatic heterocycles. The number of nitrogens with zero attached hydrogens (tertiary/aromatic N) is 5. The number of carbonyl (C=O) groups is 1.